The van der Waals surface area contributed by atoms with Gasteiger partial charge >= 0.3 is 0 Å². The van der Waals surface area contributed by atoms with Crippen LogP contribution in [0, 0.1) is 0 Å². The number of ether oxygens (including phenoxy) is 1. The zero-order chi connectivity index (χ0) is 19.0. The summed E-state index contributed by atoms with van der Waals surface area (Å²) >= 11 is 0. The molecule has 0 fully saturated rings. The van der Waals surface area contributed by atoms with E-state index in [1.807, 2.05) is 61.7 Å². The Labute approximate surface area is 158 Å². The molecule has 0 aromatic heterocycles. The van der Waals surface area contributed by atoms with Crippen LogP contribution >= 0.6 is 0 Å². The van der Waals surface area contributed by atoms with E-state index in [2.05, 4.69) is 16.3 Å². The Bertz CT molecular complexity index is 965. The molecular weight excluding hydrogens is 340 g/mol. The molecule has 1 aromatic rings. The second-order valence-corrected chi connectivity index (χ2v) is 6.71. The van der Waals surface area contributed by atoms with Crippen molar-refractivity contribution in [2.24, 2.45) is 0 Å². The predicted octanol–water partition coefficient (Wildman–Crippen LogP) is 3.01. The van der Waals surface area contributed by atoms with Gasteiger partial charge in [0.2, 0.25) is 11.7 Å². The first-order chi connectivity index (χ1) is 13.0. The Morgan fingerprint density at radius 1 is 1.22 bits per heavy atom. The Balaban J connectivity index is 1.89. The van der Waals surface area contributed by atoms with Crippen molar-refractivity contribution in [1.82, 2.24) is 10.2 Å². The molecule has 1 atom stereocenters. The molecule has 1 unspecified atom stereocenters. The molecule has 0 saturated carbocycles. The smallest absolute Gasteiger partial charge is 0.221 e. The molecule has 27 heavy (non-hydrogen) atoms. The van der Waals surface area contributed by atoms with Gasteiger partial charge in [0.05, 0.1) is 18.2 Å². The van der Waals surface area contributed by atoms with Gasteiger partial charge in [0.1, 0.15) is 5.75 Å². The van der Waals surface area contributed by atoms with Crippen molar-refractivity contribution in [3.8, 4) is 5.75 Å². The van der Waals surface area contributed by atoms with Crippen LogP contribution in [0.3, 0.4) is 0 Å². The van der Waals surface area contributed by atoms with Crippen molar-refractivity contribution in [3.63, 3.8) is 0 Å². The first-order valence-electron chi connectivity index (χ1n) is 8.85. The number of allylic oxidation sites excluding steroid dienone is 5. The molecule has 1 heterocycles. The van der Waals surface area contributed by atoms with E-state index >= 15 is 0 Å². The number of benzene rings is 1. The fourth-order valence-electron chi connectivity index (χ4n) is 3.65. The highest BCUT2D eigenvalue weighted by Gasteiger charge is 2.36. The Hall–Kier alpha value is -3.34. The molecule has 4 rings (SSSR count). The van der Waals surface area contributed by atoms with Gasteiger partial charge in [0.25, 0.3) is 0 Å². The quantitative estimate of drug-likeness (QED) is 0.900. The lowest BCUT2D eigenvalue weighted by atomic mass is 9.86. The number of fused-ring (bicyclic) bond motifs is 2. The van der Waals surface area contributed by atoms with Crippen LogP contribution in [0.5, 0.6) is 5.75 Å². The summed E-state index contributed by atoms with van der Waals surface area (Å²) in [5.74, 6) is 0.573. The van der Waals surface area contributed by atoms with Gasteiger partial charge in [-0.25, -0.2) is 0 Å². The second kappa shape index (κ2) is 6.76. The number of Topliss-reactive ketones (excluding diaryl/α,β-unsaturated/α-hetero) is 1. The van der Waals surface area contributed by atoms with Gasteiger partial charge in [0, 0.05) is 25.2 Å². The average molecular weight is 360 g/mol. The second-order valence-electron chi connectivity index (χ2n) is 6.71. The van der Waals surface area contributed by atoms with Crippen molar-refractivity contribution < 1.29 is 14.3 Å². The maximum absolute atomic E-state index is 12.9. The normalized spacial score (nSPS) is 21.0. The predicted molar refractivity (Wildman–Crippen MR) is 102 cm³/mol. The molecule has 2 aliphatic carbocycles. The lowest BCUT2D eigenvalue weighted by Crippen LogP contribution is -2.41. The largest absolute Gasteiger partial charge is 0.453 e. The molecular formula is C22H20N2O3. The van der Waals surface area contributed by atoms with E-state index in [1.54, 1.807) is 0 Å². The van der Waals surface area contributed by atoms with Gasteiger partial charge in [-0.3, -0.25) is 9.59 Å². The number of hydrogen-bond acceptors (Lipinski definition) is 4. The van der Waals surface area contributed by atoms with Crippen LogP contribution in [0.15, 0.2) is 89.0 Å². The summed E-state index contributed by atoms with van der Waals surface area (Å²) in [6, 6.07) is 9.32. The molecule has 136 valence electrons. The summed E-state index contributed by atoms with van der Waals surface area (Å²) in [6.45, 7) is 1.45. The van der Waals surface area contributed by atoms with Crippen LogP contribution < -0.4 is 10.1 Å². The Morgan fingerprint density at radius 2 is 2.00 bits per heavy atom. The number of nitrogens with zero attached hydrogens (tertiary/aromatic N) is 1. The molecule has 3 aliphatic rings. The summed E-state index contributed by atoms with van der Waals surface area (Å²) in [5, 5.41) is 2.84. The summed E-state index contributed by atoms with van der Waals surface area (Å²) in [5.41, 5.74) is 3.21. The Morgan fingerprint density at radius 3 is 2.74 bits per heavy atom. The van der Waals surface area contributed by atoms with Crippen molar-refractivity contribution in [1.29, 1.82) is 0 Å². The fourth-order valence-corrected chi connectivity index (χ4v) is 3.65. The molecule has 1 N–H and O–H groups in total. The number of nitrogens with one attached hydrogen (secondary N) is 1. The van der Waals surface area contributed by atoms with Crippen LogP contribution in [0.25, 0.3) is 0 Å². The molecule has 1 aromatic carbocycles. The topological polar surface area (TPSA) is 58.6 Å². The van der Waals surface area contributed by atoms with E-state index in [1.165, 1.54) is 6.92 Å². The summed E-state index contributed by atoms with van der Waals surface area (Å²) in [4.78, 5) is 26.6. The van der Waals surface area contributed by atoms with Crippen LogP contribution in [-0.2, 0) is 9.59 Å². The van der Waals surface area contributed by atoms with Gasteiger partial charge < -0.3 is 15.0 Å². The highest BCUT2D eigenvalue weighted by molar-refractivity contribution is 6.00. The number of carbonyl (C=O) groups excluding carboxylic acids is 2. The maximum Gasteiger partial charge on any atom is 0.221 e. The van der Waals surface area contributed by atoms with E-state index in [9.17, 15) is 9.59 Å². The minimum absolute atomic E-state index is 0.0590. The lowest BCUT2D eigenvalue weighted by molar-refractivity contribution is -0.118. The number of amides is 1. The van der Waals surface area contributed by atoms with E-state index in [0.717, 1.165) is 11.3 Å². The third-order valence-electron chi connectivity index (χ3n) is 4.78. The standard InChI is InChI=1S/C22H20N2O3/c1-14(25)23-18-13-20(26)22(27-16-9-4-3-5-10-16)17-12-15-8-6-7-11-19(15)24(2)21(17)18/h3-12,19H,13H2,1-2H3,(H,23,25). The molecule has 1 aliphatic heterocycles. The highest BCUT2D eigenvalue weighted by atomic mass is 16.5. The van der Waals surface area contributed by atoms with Crippen LogP contribution in [0.4, 0.5) is 0 Å². The number of carbonyl (C=O) groups is 2. The molecule has 0 bridgehead atoms. The number of para-hydroxylation sites is 1. The van der Waals surface area contributed by atoms with Gasteiger partial charge in [-0.2, -0.15) is 0 Å². The van der Waals surface area contributed by atoms with E-state index in [-0.39, 0.29) is 24.2 Å². The zero-order valence-corrected chi connectivity index (χ0v) is 15.2. The minimum atomic E-state index is -0.195. The van der Waals surface area contributed by atoms with Crippen molar-refractivity contribution in [3.05, 3.63) is 89.0 Å². The van der Waals surface area contributed by atoms with E-state index < -0.39 is 0 Å². The van der Waals surface area contributed by atoms with Gasteiger partial charge in [-0.1, -0.05) is 42.5 Å². The number of ketones is 1. The lowest BCUT2D eigenvalue weighted by Gasteiger charge is -2.40. The minimum Gasteiger partial charge on any atom is -0.453 e. The molecule has 0 saturated heterocycles. The first kappa shape index (κ1) is 17.1. The van der Waals surface area contributed by atoms with Crippen molar-refractivity contribution in [2.45, 2.75) is 19.4 Å². The third kappa shape index (κ3) is 3.12. The molecule has 5 nitrogen and oxygen atoms in total. The van der Waals surface area contributed by atoms with Gasteiger partial charge in [0.15, 0.2) is 5.76 Å². The first-order valence-corrected chi connectivity index (χ1v) is 8.85. The zero-order valence-electron chi connectivity index (χ0n) is 15.2. The molecule has 0 spiro atoms. The monoisotopic (exact) mass is 360 g/mol. The highest BCUT2D eigenvalue weighted by Crippen LogP contribution is 2.39. The number of likely N-dealkylation sites (N-methyl/N-ethyl adjacent to an activating group) is 1. The summed E-state index contributed by atoms with van der Waals surface area (Å²) < 4.78 is 5.99. The SMILES string of the molecule is CC(=O)NC1=C2C(=C(Oc3ccccc3)C(=O)C1)C=C1C=CC=CC1N2C. The van der Waals surface area contributed by atoms with Crippen molar-refractivity contribution in [2.75, 3.05) is 7.05 Å². The third-order valence-corrected chi connectivity index (χ3v) is 4.78. The number of hydrogen-bond donors (Lipinski definition) is 1. The summed E-state index contributed by atoms with van der Waals surface area (Å²) in [6.07, 6.45) is 10.2. The summed E-state index contributed by atoms with van der Waals surface area (Å²) in [7, 11) is 1.97. The van der Waals surface area contributed by atoms with Crippen LogP contribution in [0.1, 0.15) is 13.3 Å². The van der Waals surface area contributed by atoms with Crippen molar-refractivity contribution >= 4 is 11.7 Å². The van der Waals surface area contributed by atoms with Crippen LogP contribution in [0.2, 0.25) is 0 Å². The maximum atomic E-state index is 12.9. The number of rotatable bonds is 3. The molecule has 0 radical (unpaired) electrons. The average Bonchev–Trinajstić information content (AvgIpc) is 2.65. The van der Waals surface area contributed by atoms with Gasteiger partial charge in [-0.15, -0.1) is 0 Å². The van der Waals surface area contributed by atoms with Gasteiger partial charge in [-0.05, 0) is 23.8 Å². The fraction of sp³-hybridized carbons (Fsp3) is 0.182. The molecule has 5 heteroatoms. The van der Waals surface area contributed by atoms with Crippen LogP contribution in [-0.4, -0.2) is 29.7 Å². The van der Waals surface area contributed by atoms with E-state index in [0.29, 0.717) is 22.8 Å². The Kier molecular flexibility index (Phi) is 4.28. The van der Waals surface area contributed by atoms with E-state index in [4.69, 9.17) is 4.74 Å². The molecule has 1 amide bonds.